The molecule has 0 aliphatic carbocycles. The standard InChI is InChI=1S/C15H19F3N2O3/c1-14(2,3)23-13(21)20-10(8-22-4)5-9-6-12(15(16,17)18)19-7-11(9)20/h6-7,10H,5,8H2,1-4H3. The van der Waals surface area contributed by atoms with Crippen LogP contribution in [0.5, 0.6) is 0 Å². The van der Waals surface area contributed by atoms with E-state index in [2.05, 4.69) is 4.98 Å². The molecule has 0 fully saturated rings. The van der Waals surface area contributed by atoms with Crippen LogP contribution in [0.25, 0.3) is 0 Å². The number of hydrogen-bond acceptors (Lipinski definition) is 4. The molecule has 0 spiro atoms. The van der Waals surface area contributed by atoms with E-state index in [-0.39, 0.29) is 13.0 Å². The van der Waals surface area contributed by atoms with Gasteiger partial charge in [0.05, 0.1) is 24.5 Å². The lowest BCUT2D eigenvalue weighted by atomic mass is 10.1. The molecule has 1 amide bonds. The monoisotopic (exact) mass is 332 g/mol. The van der Waals surface area contributed by atoms with Gasteiger partial charge in [0.25, 0.3) is 0 Å². The van der Waals surface area contributed by atoms with E-state index in [0.29, 0.717) is 11.3 Å². The Kier molecular flexibility index (Phi) is 4.57. The van der Waals surface area contributed by atoms with E-state index in [0.717, 1.165) is 12.3 Å². The second-order valence-electron chi connectivity index (χ2n) is 6.36. The number of nitrogens with zero attached hydrogens (tertiary/aromatic N) is 2. The molecule has 5 nitrogen and oxygen atoms in total. The summed E-state index contributed by atoms with van der Waals surface area (Å²) in [4.78, 5) is 17.1. The van der Waals surface area contributed by atoms with Crippen molar-refractivity contribution in [3.05, 3.63) is 23.5 Å². The summed E-state index contributed by atoms with van der Waals surface area (Å²) in [5, 5.41) is 0. The highest BCUT2D eigenvalue weighted by atomic mass is 19.4. The van der Waals surface area contributed by atoms with Gasteiger partial charge in [-0.1, -0.05) is 0 Å². The van der Waals surface area contributed by atoms with Gasteiger partial charge >= 0.3 is 12.3 Å². The Balaban J connectivity index is 2.36. The zero-order valence-corrected chi connectivity index (χ0v) is 13.4. The molecule has 1 aliphatic rings. The molecule has 128 valence electrons. The van der Waals surface area contributed by atoms with Gasteiger partial charge in [-0.2, -0.15) is 13.2 Å². The SMILES string of the molecule is COCC1Cc2cc(C(F)(F)F)ncc2N1C(=O)OC(C)(C)C. The number of fused-ring (bicyclic) bond motifs is 1. The van der Waals surface area contributed by atoms with E-state index in [1.54, 1.807) is 20.8 Å². The van der Waals surface area contributed by atoms with Crippen molar-refractivity contribution in [2.75, 3.05) is 18.6 Å². The maximum absolute atomic E-state index is 12.8. The van der Waals surface area contributed by atoms with Gasteiger partial charge in [-0.05, 0) is 38.8 Å². The van der Waals surface area contributed by atoms with E-state index in [1.807, 2.05) is 0 Å². The summed E-state index contributed by atoms with van der Waals surface area (Å²) in [5.41, 5.74) is -0.954. The number of amides is 1. The van der Waals surface area contributed by atoms with Crippen LogP contribution in [-0.4, -0.2) is 36.4 Å². The van der Waals surface area contributed by atoms with Gasteiger partial charge in [-0.3, -0.25) is 4.90 Å². The van der Waals surface area contributed by atoms with E-state index in [9.17, 15) is 18.0 Å². The molecule has 0 radical (unpaired) electrons. The molecule has 2 heterocycles. The van der Waals surface area contributed by atoms with Crippen molar-refractivity contribution in [2.45, 2.75) is 45.0 Å². The van der Waals surface area contributed by atoms with Gasteiger partial charge in [0.2, 0.25) is 0 Å². The van der Waals surface area contributed by atoms with Crippen LogP contribution in [-0.2, 0) is 22.1 Å². The Labute approximate surface area is 132 Å². The number of ether oxygens (including phenoxy) is 2. The van der Waals surface area contributed by atoms with Crippen molar-refractivity contribution < 1.29 is 27.4 Å². The third-order valence-electron chi connectivity index (χ3n) is 3.29. The van der Waals surface area contributed by atoms with Crippen LogP contribution in [0, 0.1) is 0 Å². The van der Waals surface area contributed by atoms with Crippen molar-refractivity contribution in [2.24, 2.45) is 0 Å². The summed E-state index contributed by atoms with van der Waals surface area (Å²) in [7, 11) is 1.47. The van der Waals surface area contributed by atoms with Crippen molar-refractivity contribution >= 4 is 11.8 Å². The predicted octanol–water partition coefficient (Wildman–Crippen LogP) is 3.41. The summed E-state index contributed by atoms with van der Waals surface area (Å²) in [6, 6.07) is 0.553. The van der Waals surface area contributed by atoms with Crippen LogP contribution < -0.4 is 4.90 Å². The topological polar surface area (TPSA) is 51.7 Å². The molecule has 23 heavy (non-hydrogen) atoms. The lowest BCUT2D eigenvalue weighted by Gasteiger charge is -2.28. The maximum Gasteiger partial charge on any atom is 0.433 e. The first-order chi connectivity index (χ1) is 10.5. The summed E-state index contributed by atoms with van der Waals surface area (Å²) in [6.45, 7) is 5.35. The molecule has 0 aromatic carbocycles. The molecule has 1 aromatic heterocycles. The number of pyridine rings is 1. The van der Waals surface area contributed by atoms with Gasteiger partial charge in [0.15, 0.2) is 0 Å². The number of alkyl halides is 3. The van der Waals surface area contributed by atoms with Crippen molar-refractivity contribution in [3.8, 4) is 0 Å². The molecule has 1 aromatic rings. The first-order valence-corrected chi connectivity index (χ1v) is 7.10. The normalized spacial score (nSPS) is 18.0. The highest BCUT2D eigenvalue weighted by Crippen LogP contribution is 2.37. The third-order valence-corrected chi connectivity index (χ3v) is 3.29. The molecular weight excluding hydrogens is 313 g/mol. The molecule has 0 bridgehead atoms. The molecule has 0 N–H and O–H groups in total. The second kappa shape index (κ2) is 5.99. The maximum atomic E-state index is 12.8. The zero-order chi connectivity index (χ0) is 17.4. The smallest absolute Gasteiger partial charge is 0.433 e. The van der Waals surface area contributed by atoms with Gasteiger partial charge in [-0.15, -0.1) is 0 Å². The molecule has 1 aliphatic heterocycles. The summed E-state index contributed by atoms with van der Waals surface area (Å²) >= 11 is 0. The van der Waals surface area contributed by atoms with Crippen LogP contribution in [0.15, 0.2) is 12.3 Å². The van der Waals surface area contributed by atoms with Gasteiger partial charge < -0.3 is 9.47 Å². The Bertz CT molecular complexity index is 597. The fourth-order valence-corrected chi connectivity index (χ4v) is 2.45. The summed E-state index contributed by atoms with van der Waals surface area (Å²) < 4.78 is 48.8. The van der Waals surface area contributed by atoms with Crippen molar-refractivity contribution in [1.82, 2.24) is 4.98 Å². The van der Waals surface area contributed by atoms with E-state index < -0.39 is 29.6 Å². The Hall–Kier alpha value is -1.83. The Morgan fingerprint density at radius 1 is 1.39 bits per heavy atom. The van der Waals surface area contributed by atoms with E-state index in [4.69, 9.17) is 9.47 Å². The number of hydrogen-bond donors (Lipinski definition) is 0. The largest absolute Gasteiger partial charge is 0.443 e. The molecule has 2 rings (SSSR count). The lowest BCUT2D eigenvalue weighted by Crippen LogP contribution is -2.43. The molecule has 0 saturated heterocycles. The first kappa shape index (κ1) is 17.5. The Morgan fingerprint density at radius 2 is 2.04 bits per heavy atom. The first-order valence-electron chi connectivity index (χ1n) is 7.10. The third kappa shape index (κ3) is 3.93. The highest BCUT2D eigenvalue weighted by molar-refractivity contribution is 5.91. The number of halogens is 3. The second-order valence-corrected chi connectivity index (χ2v) is 6.36. The average molecular weight is 332 g/mol. The predicted molar refractivity (Wildman–Crippen MR) is 77.3 cm³/mol. The molecule has 8 heteroatoms. The highest BCUT2D eigenvalue weighted by Gasteiger charge is 2.40. The fourth-order valence-electron chi connectivity index (χ4n) is 2.45. The van der Waals surface area contributed by atoms with Gasteiger partial charge in [0.1, 0.15) is 11.3 Å². The van der Waals surface area contributed by atoms with E-state index >= 15 is 0 Å². The molecule has 1 atom stereocenters. The van der Waals surface area contributed by atoms with Crippen molar-refractivity contribution in [1.29, 1.82) is 0 Å². The quantitative estimate of drug-likeness (QED) is 0.833. The number of carbonyl (C=O) groups is 1. The van der Waals surface area contributed by atoms with Crippen LogP contribution in [0.1, 0.15) is 32.0 Å². The van der Waals surface area contributed by atoms with Crippen molar-refractivity contribution in [3.63, 3.8) is 0 Å². The fraction of sp³-hybridized carbons (Fsp3) is 0.600. The van der Waals surface area contributed by atoms with E-state index in [1.165, 1.54) is 12.0 Å². The van der Waals surface area contributed by atoms with Crippen LogP contribution >= 0.6 is 0 Å². The van der Waals surface area contributed by atoms with Crippen LogP contribution in [0.3, 0.4) is 0 Å². The molecule has 0 saturated carbocycles. The number of carbonyl (C=O) groups excluding carboxylic acids is 1. The number of aromatic nitrogens is 1. The average Bonchev–Trinajstić information content (AvgIpc) is 2.72. The van der Waals surface area contributed by atoms with Crippen LogP contribution in [0.2, 0.25) is 0 Å². The number of rotatable bonds is 2. The van der Waals surface area contributed by atoms with Gasteiger partial charge in [-0.25, -0.2) is 9.78 Å². The zero-order valence-electron chi connectivity index (χ0n) is 13.4. The molecule has 1 unspecified atom stereocenters. The minimum absolute atomic E-state index is 0.190. The molecular formula is C15H19F3N2O3. The van der Waals surface area contributed by atoms with Crippen LogP contribution in [0.4, 0.5) is 23.7 Å². The Morgan fingerprint density at radius 3 is 2.57 bits per heavy atom. The lowest BCUT2D eigenvalue weighted by molar-refractivity contribution is -0.141. The summed E-state index contributed by atoms with van der Waals surface area (Å²) in [5.74, 6) is 0. The minimum Gasteiger partial charge on any atom is -0.443 e. The number of anilines is 1. The number of methoxy groups -OCH3 is 1. The summed E-state index contributed by atoms with van der Waals surface area (Å²) in [6.07, 6.45) is -3.82. The minimum atomic E-state index is -4.52. The van der Waals surface area contributed by atoms with Gasteiger partial charge in [0, 0.05) is 7.11 Å².